The summed E-state index contributed by atoms with van der Waals surface area (Å²) in [6.45, 7) is 12.5. The van der Waals surface area contributed by atoms with Crippen LogP contribution in [0.15, 0.2) is 109 Å². The van der Waals surface area contributed by atoms with Gasteiger partial charge in [0, 0.05) is 0 Å². The van der Waals surface area contributed by atoms with Crippen LogP contribution in [0.1, 0.15) is 52.7 Å². The number of fused-ring (bicyclic) bond motifs is 3. The first kappa shape index (κ1) is 35.7. The number of benzene rings is 5. The van der Waals surface area contributed by atoms with Crippen LogP contribution in [0.5, 0.6) is 11.5 Å². The van der Waals surface area contributed by atoms with Gasteiger partial charge in [0.1, 0.15) is 22.7 Å². The summed E-state index contributed by atoms with van der Waals surface area (Å²) in [4.78, 5) is 0. The van der Waals surface area contributed by atoms with Crippen molar-refractivity contribution in [3.63, 3.8) is 0 Å². The van der Waals surface area contributed by atoms with Crippen molar-refractivity contribution in [1.82, 2.24) is 0 Å². The Morgan fingerprint density at radius 1 is 0.571 bits per heavy atom. The van der Waals surface area contributed by atoms with Gasteiger partial charge in [0.15, 0.2) is 0 Å². The molecule has 0 heterocycles. The average molecular weight is 689 g/mol. The Morgan fingerprint density at radius 3 is 1.51 bits per heavy atom. The van der Waals surface area contributed by atoms with E-state index in [9.17, 15) is 13.2 Å². The van der Waals surface area contributed by atoms with Crippen molar-refractivity contribution in [2.24, 2.45) is 0 Å². The number of ether oxygens (including phenoxy) is 2. The van der Waals surface area contributed by atoms with E-state index < -0.39 is 15.6 Å². The highest BCUT2D eigenvalue weighted by atomic mass is 32.2. The molecule has 1 aliphatic carbocycles. The monoisotopic (exact) mass is 688 g/mol. The van der Waals surface area contributed by atoms with Crippen LogP contribution in [0.2, 0.25) is 0 Å². The summed E-state index contributed by atoms with van der Waals surface area (Å²) in [5, 5.41) is 0. The molecule has 0 spiro atoms. The van der Waals surface area contributed by atoms with Crippen LogP contribution in [-0.2, 0) is 16.5 Å². The first-order valence-electron chi connectivity index (χ1n) is 15.8. The second kappa shape index (κ2) is 13.4. The number of rotatable bonds is 5. The molecule has 0 aliphatic heterocycles. The number of hydrogen-bond donors (Lipinski definition) is 1. The van der Waals surface area contributed by atoms with Crippen LogP contribution < -0.4 is 9.47 Å². The minimum Gasteiger partial charge on any atom is -0.488 e. The predicted molar refractivity (Wildman–Crippen MR) is 189 cm³/mol. The van der Waals surface area contributed by atoms with Crippen molar-refractivity contribution in [1.29, 1.82) is 0 Å². The van der Waals surface area contributed by atoms with Crippen LogP contribution in [0.4, 0.5) is 13.2 Å². The molecule has 0 atom stereocenters. The Balaban J connectivity index is 0.000000523. The second-order valence-corrected chi connectivity index (χ2v) is 15.2. The molecule has 1 aliphatic rings. The van der Waals surface area contributed by atoms with Gasteiger partial charge in [-0.2, -0.15) is 21.6 Å². The van der Waals surface area contributed by atoms with Crippen LogP contribution in [-0.4, -0.2) is 29.7 Å². The lowest BCUT2D eigenvalue weighted by Crippen LogP contribution is -2.22. The van der Waals surface area contributed by atoms with E-state index in [1.807, 2.05) is 0 Å². The van der Waals surface area contributed by atoms with Crippen molar-refractivity contribution >= 4 is 10.1 Å². The third kappa shape index (κ3) is 8.53. The molecule has 0 radical (unpaired) electrons. The van der Waals surface area contributed by atoms with Gasteiger partial charge >= 0.3 is 15.6 Å². The van der Waals surface area contributed by atoms with Gasteiger partial charge in [0.2, 0.25) is 0 Å². The Labute approximate surface area is 286 Å². The molecule has 0 unspecified atom stereocenters. The molecule has 9 heteroatoms. The first-order valence-corrected chi connectivity index (χ1v) is 17.2. The van der Waals surface area contributed by atoms with Gasteiger partial charge in [0.05, 0.1) is 0 Å². The molecule has 1 N–H and O–H groups in total. The summed E-state index contributed by atoms with van der Waals surface area (Å²) in [7, 11) is -5.84. The number of hydrogen-bond acceptors (Lipinski definition) is 4. The molecular formula is C40H39F3O5S. The molecule has 256 valence electrons. The SMILES string of the molecule is CC(C)(C)Oc1ccc(-c2cc3c(c(-c4ccccc4)c2-c2ccc(OC(C)(C)C)cc2)Cc2ccccc2-3)cc1.O=S(=O)(O)C(F)(F)F. The number of halogens is 3. The highest BCUT2D eigenvalue weighted by molar-refractivity contribution is 7.86. The van der Waals surface area contributed by atoms with Gasteiger partial charge in [-0.15, -0.1) is 0 Å². The molecule has 6 rings (SSSR count). The molecule has 5 aromatic rings. The van der Waals surface area contributed by atoms with Crippen molar-refractivity contribution < 1.29 is 35.6 Å². The Bertz CT molecular complexity index is 2040. The van der Waals surface area contributed by atoms with Crippen LogP contribution in [0, 0.1) is 0 Å². The Kier molecular flexibility index (Phi) is 9.74. The fourth-order valence-electron chi connectivity index (χ4n) is 5.83. The van der Waals surface area contributed by atoms with Gasteiger partial charge in [-0.25, -0.2) is 0 Å². The van der Waals surface area contributed by atoms with Gasteiger partial charge in [-0.05, 0) is 134 Å². The maximum atomic E-state index is 10.7. The van der Waals surface area contributed by atoms with Crippen LogP contribution in [0.3, 0.4) is 0 Å². The topological polar surface area (TPSA) is 72.8 Å². The average Bonchev–Trinajstić information content (AvgIpc) is 3.38. The minimum atomic E-state index is -5.84. The van der Waals surface area contributed by atoms with Gasteiger partial charge in [0.25, 0.3) is 0 Å². The van der Waals surface area contributed by atoms with E-state index in [1.165, 1.54) is 55.6 Å². The third-order valence-corrected chi connectivity index (χ3v) is 8.21. The highest BCUT2D eigenvalue weighted by Crippen LogP contribution is 2.50. The first-order chi connectivity index (χ1) is 22.8. The normalized spacial score (nSPS) is 12.8. The van der Waals surface area contributed by atoms with Crippen molar-refractivity contribution in [2.45, 2.75) is 64.7 Å². The van der Waals surface area contributed by atoms with Crippen LogP contribution >= 0.6 is 0 Å². The highest BCUT2D eigenvalue weighted by Gasteiger charge is 2.44. The summed E-state index contributed by atoms with van der Waals surface area (Å²) in [6, 6.07) is 39.3. The van der Waals surface area contributed by atoms with E-state index in [1.54, 1.807) is 0 Å². The Hall–Kier alpha value is -4.60. The van der Waals surface area contributed by atoms with Gasteiger partial charge in [-0.3, -0.25) is 4.55 Å². The fraction of sp³-hybridized carbons (Fsp3) is 0.250. The summed E-state index contributed by atoms with van der Waals surface area (Å²) in [5.74, 6) is 1.75. The molecule has 0 bridgehead atoms. The predicted octanol–water partition coefficient (Wildman–Crippen LogP) is 11.0. The van der Waals surface area contributed by atoms with E-state index in [0.29, 0.717) is 0 Å². The van der Waals surface area contributed by atoms with E-state index in [4.69, 9.17) is 22.4 Å². The smallest absolute Gasteiger partial charge is 0.488 e. The van der Waals surface area contributed by atoms with Crippen molar-refractivity contribution in [3.05, 3.63) is 120 Å². The molecule has 0 amide bonds. The van der Waals surface area contributed by atoms with Crippen molar-refractivity contribution in [2.75, 3.05) is 0 Å². The van der Waals surface area contributed by atoms with Crippen LogP contribution in [0.25, 0.3) is 44.5 Å². The summed E-state index contributed by atoms with van der Waals surface area (Å²) in [5.41, 5.74) is 6.71. The maximum absolute atomic E-state index is 10.7. The third-order valence-electron chi connectivity index (χ3n) is 7.62. The summed E-state index contributed by atoms with van der Waals surface area (Å²) >= 11 is 0. The summed E-state index contributed by atoms with van der Waals surface area (Å²) in [6.07, 6.45) is 0.923. The minimum absolute atomic E-state index is 0.249. The molecule has 5 aromatic carbocycles. The van der Waals surface area contributed by atoms with E-state index in [2.05, 4.69) is 151 Å². The standard InChI is InChI=1S/C39H38O2.CHF3O3S/c1-38(2,3)40-30-20-16-26(17-21-30)33-25-34-32-15-11-10-14-29(32)24-35(34)37(27-12-8-7-9-13-27)36(33)28-18-22-31(23-19-28)41-39(4,5)6;2-1(3,4)8(5,6)7/h7-23,25H,24H2,1-6H3;(H,5,6,7). The lowest BCUT2D eigenvalue weighted by atomic mass is 9.82. The molecule has 5 nitrogen and oxygen atoms in total. The second-order valence-electron chi connectivity index (χ2n) is 13.8. The lowest BCUT2D eigenvalue weighted by molar-refractivity contribution is -0.0510. The van der Waals surface area contributed by atoms with Gasteiger partial charge < -0.3 is 9.47 Å². The van der Waals surface area contributed by atoms with E-state index >= 15 is 0 Å². The number of alkyl halides is 3. The summed E-state index contributed by atoms with van der Waals surface area (Å²) < 4.78 is 69.9. The molecule has 0 aromatic heterocycles. The van der Waals surface area contributed by atoms with E-state index in [-0.39, 0.29) is 11.2 Å². The van der Waals surface area contributed by atoms with Crippen molar-refractivity contribution in [3.8, 4) is 56.0 Å². The molecule has 0 fully saturated rings. The largest absolute Gasteiger partial charge is 0.522 e. The zero-order valence-electron chi connectivity index (χ0n) is 28.2. The maximum Gasteiger partial charge on any atom is 0.522 e. The zero-order valence-corrected chi connectivity index (χ0v) is 29.0. The quantitative estimate of drug-likeness (QED) is 0.144. The molecule has 0 saturated heterocycles. The van der Waals surface area contributed by atoms with E-state index in [0.717, 1.165) is 17.9 Å². The zero-order chi connectivity index (χ0) is 35.8. The molecule has 49 heavy (non-hydrogen) atoms. The lowest BCUT2D eigenvalue weighted by Gasteiger charge is -2.24. The fourth-order valence-corrected chi connectivity index (χ4v) is 5.83. The van der Waals surface area contributed by atoms with Gasteiger partial charge in [-0.1, -0.05) is 78.9 Å². The molecular weight excluding hydrogens is 649 g/mol. The molecule has 0 saturated carbocycles. The Morgan fingerprint density at radius 2 is 1.02 bits per heavy atom.